The molecule has 3 aliphatic rings. The van der Waals surface area contributed by atoms with Gasteiger partial charge in [-0.15, -0.1) is 0 Å². The van der Waals surface area contributed by atoms with Crippen LogP contribution in [0.3, 0.4) is 0 Å². The first-order valence-electron chi connectivity index (χ1n) is 13.1. The number of benzene rings is 2. The zero-order chi connectivity index (χ0) is 30.7. The van der Waals surface area contributed by atoms with Crippen molar-refractivity contribution in [2.24, 2.45) is 5.92 Å². The highest BCUT2D eigenvalue weighted by Gasteiger charge is 2.49. The largest absolute Gasteiger partial charge is 0.493 e. The van der Waals surface area contributed by atoms with Crippen molar-refractivity contribution in [1.82, 2.24) is 9.37 Å². The Morgan fingerprint density at radius 2 is 1.81 bits per heavy atom. The van der Waals surface area contributed by atoms with Gasteiger partial charge in [0, 0.05) is 29.7 Å². The fraction of sp³-hybridized carbons (Fsp3) is 0.481. The number of hydrogen-bond acceptors (Lipinski definition) is 7. The number of hydroxylamine groups is 1. The monoisotopic (exact) mass is 636 g/mol. The van der Waals surface area contributed by atoms with E-state index in [1.165, 1.54) is 12.1 Å². The average Bonchev–Trinajstić information content (AvgIpc) is 3.53. The Bertz CT molecular complexity index is 1530. The molecule has 0 spiro atoms. The summed E-state index contributed by atoms with van der Waals surface area (Å²) >= 11 is 6.30. The predicted molar refractivity (Wildman–Crippen MR) is 139 cm³/mol. The Morgan fingerprint density at radius 1 is 1.12 bits per heavy atom. The standard InChI is InChI=1S/C27H26ClF5N2O6S/c1-13(17-6-5-16(29)9-20(17)28)34-12-14-7-22(34)24(8-14)40-23-11-21(30)19(10-18(23)15-3-4-15)25(36)35(42(2,38)39)41-26(37)27(31,32)33/h5-6,9-11,13-15,22,24H,3-4,7-8,12H2,1-2H3/t13-,14+,22-,24-/m1/s1. The number of ether oxygens (including phenoxy) is 1. The average molecular weight is 637 g/mol. The number of carbonyl (C=O) groups excluding carboxylic acids is 2. The molecule has 1 aliphatic heterocycles. The quantitative estimate of drug-likeness (QED) is 0.292. The molecular formula is C27H26ClF5N2O6S. The lowest BCUT2D eigenvalue weighted by molar-refractivity contribution is -0.216. The first kappa shape index (κ1) is 30.5. The highest BCUT2D eigenvalue weighted by Crippen LogP contribution is 2.48. The van der Waals surface area contributed by atoms with Gasteiger partial charge in [0.05, 0.1) is 11.8 Å². The van der Waals surface area contributed by atoms with Gasteiger partial charge in [0.15, 0.2) is 0 Å². The molecule has 4 atom stereocenters. The van der Waals surface area contributed by atoms with Crippen LogP contribution in [0.5, 0.6) is 5.75 Å². The van der Waals surface area contributed by atoms with Crippen molar-refractivity contribution in [3.63, 3.8) is 0 Å². The zero-order valence-electron chi connectivity index (χ0n) is 22.3. The summed E-state index contributed by atoms with van der Waals surface area (Å²) in [5.74, 6) is -6.20. The summed E-state index contributed by atoms with van der Waals surface area (Å²) in [7, 11) is -4.87. The van der Waals surface area contributed by atoms with Crippen LogP contribution in [0.1, 0.15) is 66.1 Å². The highest BCUT2D eigenvalue weighted by atomic mass is 35.5. The summed E-state index contributed by atoms with van der Waals surface area (Å²) < 4.78 is 96.7. The van der Waals surface area contributed by atoms with Crippen LogP contribution in [0.15, 0.2) is 30.3 Å². The lowest BCUT2D eigenvalue weighted by Gasteiger charge is -2.38. The number of alkyl halides is 3. The van der Waals surface area contributed by atoms with E-state index < -0.39 is 49.7 Å². The third kappa shape index (κ3) is 6.06. The van der Waals surface area contributed by atoms with Gasteiger partial charge >= 0.3 is 18.1 Å². The van der Waals surface area contributed by atoms with Crippen molar-refractivity contribution in [1.29, 1.82) is 0 Å². The lowest BCUT2D eigenvalue weighted by Crippen LogP contribution is -2.45. The van der Waals surface area contributed by atoms with Gasteiger partial charge in [-0.25, -0.2) is 22.0 Å². The summed E-state index contributed by atoms with van der Waals surface area (Å²) in [4.78, 5) is 30.2. The second-order valence-electron chi connectivity index (χ2n) is 10.9. The van der Waals surface area contributed by atoms with Crippen LogP contribution < -0.4 is 4.74 Å². The van der Waals surface area contributed by atoms with E-state index in [0.717, 1.165) is 30.7 Å². The predicted octanol–water partition coefficient (Wildman–Crippen LogP) is 5.52. The van der Waals surface area contributed by atoms with E-state index in [1.807, 2.05) is 6.92 Å². The third-order valence-electron chi connectivity index (χ3n) is 7.86. The molecule has 228 valence electrons. The molecule has 1 heterocycles. The molecule has 0 radical (unpaired) electrons. The molecular weight excluding hydrogens is 611 g/mol. The van der Waals surface area contributed by atoms with Crippen molar-refractivity contribution < 1.29 is 49.5 Å². The number of fused-ring (bicyclic) bond motifs is 2. The molecule has 5 rings (SSSR count). The number of hydrogen-bond donors (Lipinski definition) is 0. The molecule has 2 aliphatic carbocycles. The second kappa shape index (κ2) is 10.9. The van der Waals surface area contributed by atoms with Gasteiger partial charge < -0.3 is 9.57 Å². The first-order valence-corrected chi connectivity index (χ1v) is 15.3. The second-order valence-corrected chi connectivity index (χ2v) is 13.1. The maximum absolute atomic E-state index is 15.3. The van der Waals surface area contributed by atoms with Crippen molar-refractivity contribution >= 4 is 33.5 Å². The van der Waals surface area contributed by atoms with Gasteiger partial charge in [-0.05, 0) is 73.8 Å². The van der Waals surface area contributed by atoms with Crippen molar-refractivity contribution in [2.75, 3.05) is 12.8 Å². The minimum Gasteiger partial charge on any atom is -0.488 e. The number of sulfonamides is 1. The Balaban J connectivity index is 1.40. The molecule has 0 unspecified atom stereocenters. The minimum atomic E-state index is -5.60. The van der Waals surface area contributed by atoms with Crippen LogP contribution in [-0.2, 0) is 19.7 Å². The molecule has 42 heavy (non-hydrogen) atoms. The number of rotatable bonds is 7. The van der Waals surface area contributed by atoms with E-state index in [-0.39, 0.29) is 35.8 Å². The number of likely N-dealkylation sites (tertiary alicyclic amines) is 1. The number of halogens is 6. The number of piperidine rings is 1. The van der Waals surface area contributed by atoms with Crippen LogP contribution in [0.4, 0.5) is 22.0 Å². The zero-order valence-corrected chi connectivity index (χ0v) is 23.9. The van der Waals surface area contributed by atoms with Crippen molar-refractivity contribution in [2.45, 2.75) is 62.9 Å². The normalized spacial score (nSPS) is 23.1. The Morgan fingerprint density at radius 3 is 2.38 bits per heavy atom. The SMILES string of the molecule is C[C@H](c1ccc(F)cc1Cl)N1C[C@H]2C[C@@H]1[C@H](Oc1cc(F)c(C(=O)N(OC(=O)C(F)(F)F)S(C)(=O)=O)cc1C1CC1)C2. The van der Waals surface area contributed by atoms with E-state index in [4.69, 9.17) is 16.3 Å². The maximum Gasteiger partial charge on any atom is 0.493 e. The summed E-state index contributed by atoms with van der Waals surface area (Å²) in [6, 6.07) is 5.91. The van der Waals surface area contributed by atoms with Crippen LogP contribution in [0.25, 0.3) is 0 Å². The Hall–Kier alpha value is -2.97. The van der Waals surface area contributed by atoms with Gasteiger partial charge in [0.2, 0.25) is 0 Å². The smallest absolute Gasteiger partial charge is 0.488 e. The highest BCUT2D eigenvalue weighted by molar-refractivity contribution is 7.88. The minimum absolute atomic E-state index is 0.0787. The molecule has 2 aromatic carbocycles. The van der Waals surface area contributed by atoms with E-state index in [1.54, 1.807) is 6.07 Å². The van der Waals surface area contributed by atoms with E-state index in [2.05, 4.69) is 9.74 Å². The maximum atomic E-state index is 15.3. The van der Waals surface area contributed by atoms with Crippen molar-refractivity contribution in [3.8, 4) is 5.75 Å². The molecule has 8 nitrogen and oxygen atoms in total. The van der Waals surface area contributed by atoms with Gasteiger partial charge in [-0.2, -0.15) is 13.2 Å². The molecule has 1 saturated heterocycles. The number of amides is 1. The summed E-state index contributed by atoms with van der Waals surface area (Å²) in [5.41, 5.74) is 0.247. The molecule has 0 N–H and O–H groups in total. The van der Waals surface area contributed by atoms with E-state index in [0.29, 0.717) is 36.1 Å². The fourth-order valence-electron chi connectivity index (χ4n) is 5.80. The Kier molecular flexibility index (Phi) is 7.94. The van der Waals surface area contributed by atoms with Gasteiger partial charge in [0.25, 0.3) is 10.0 Å². The fourth-order valence-corrected chi connectivity index (χ4v) is 6.72. The summed E-state index contributed by atoms with van der Waals surface area (Å²) in [5, 5.41) is 0.296. The van der Waals surface area contributed by atoms with E-state index >= 15 is 4.39 Å². The van der Waals surface area contributed by atoms with Crippen LogP contribution >= 0.6 is 11.6 Å². The van der Waals surface area contributed by atoms with Gasteiger partial charge in [0.1, 0.15) is 23.5 Å². The van der Waals surface area contributed by atoms with Crippen LogP contribution in [-0.4, -0.2) is 60.8 Å². The molecule has 2 saturated carbocycles. The van der Waals surface area contributed by atoms with E-state index in [9.17, 15) is 35.6 Å². The first-order chi connectivity index (χ1) is 19.5. The van der Waals surface area contributed by atoms with Crippen molar-refractivity contribution in [3.05, 3.63) is 63.7 Å². The molecule has 3 fully saturated rings. The molecule has 15 heteroatoms. The lowest BCUT2D eigenvalue weighted by atomic mass is 10.0. The molecule has 2 aromatic rings. The van der Waals surface area contributed by atoms with Crippen LogP contribution in [0.2, 0.25) is 5.02 Å². The van der Waals surface area contributed by atoms with Gasteiger partial charge in [-0.3, -0.25) is 9.69 Å². The molecule has 1 amide bonds. The molecule has 0 aromatic heterocycles. The topological polar surface area (TPSA) is 93.2 Å². The van der Waals surface area contributed by atoms with Gasteiger partial charge in [-0.1, -0.05) is 22.1 Å². The number of nitrogens with zero attached hydrogens (tertiary/aromatic N) is 2. The third-order valence-corrected chi connectivity index (χ3v) is 9.03. The summed E-state index contributed by atoms with van der Waals surface area (Å²) in [6.07, 6.45) is -2.83. The Labute approximate surface area is 243 Å². The summed E-state index contributed by atoms with van der Waals surface area (Å²) in [6.45, 7) is 2.71. The molecule has 2 bridgehead atoms. The van der Waals surface area contributed by atoms with Crippen LogP contribution in [0, 0.1) is 17.6 Å². The number of carbonyl (C=O) groups is 2.